The van der Waals surface area contributed by atoms with Crippen molar-refractivity contribution in [3.63, 3.8) is 0 Å². The summed E-state index contributed by atoms with van der Waals surface area (Å²) in [4.78, 5) is 14.7. The zero-order chi connectivity index (χ0) is 16.8. The summed E-state index contributed by atoms with van der Waals surface area (Å²) in [5.41, 5.74) is 2.77. The third kappa shape index (κ3) is 2.69. The van der Waals surface area contributed by atoms with Crippen LogP contribution in [0.5, 0.6) is 0 Å². The average molecular weight is 330 g/mol. The van der Waals surface area contributed by atoms with Crippen LogP contribution in [0.25, 0.3) is 10.8 Å². The second-order valence-electron chi connectivity index (χ2n) is 7.57. The first-order valence-electron chi connectivity index (χ1n) is 9.16. The molecule has 3 heteroatoms. The molecule has 0 saturated carbocycles. The van der Waals surface area contributed by atoms with Gasteiger partial charge in [0.2, 0.25) is 0 Å². The summed E-state index contributed by atoms with van der Waals surface area (Å²) >= 11 is 0. The van der Waals surface area contributed by atoms with Crippen molar-refractivity contribution in [1.29, 1.82) is 0 Å². The van der Waals surface area contributed by atoms with E-state index in [-0.39, 0.29) is 5.56 Å². The molecule has 5 rings (SSSR count). The molecule has 0 aliphatic carbocycles. The minimum atomic E-state index is 0.162. The van der Waals surface area contributed by atoms with Gasteiger partial charge in [-0.3, -0.25) is 9.69 Å². The summed E-state index contributed by atoms with van der Waals surface area (Å²) in [6.45, 7) is 4.01. The molecule has 0 N–H and O–H groups in total. The number of nitrogens with zero attached hydrogens (tertiary/aromatic N) is 2. The van der Waals surface area contributed by atoms with Crippen LogP contribution < -0.4 is 5.56 Å². The summed E-state index contributed by atoms with van der Waals surface area (Å²) in [6, 6.07) is 21.1. The number of fused-ring (bicyclic) bond motifs is 5. The van der Waals surface area contributed by atoms with E-state index >= 15 is 0 Å². The van der Waals surface area contributed by atoms with Gasteiger partial charge in [-0.25, -0.2) is 0 Å². The zero-order valence-corrected chi connectivity index (χ0v) is 14.3. The summed E-state index contributed by atoms with van der Waals surface area (Å²) < 4.78 is 2.01. The van der Waals surface area contributed by atoms with Crippen LogP contribution in [-0.4, -0.2) is 22.6 Å². The highest BCUT2D eigenvalue weighted by atomic mass is 16.1. The monoisotopic (exact) mass is 330 g/mol. The fourth-order valence-electron chi connectivity index (χ4n) is 4.72. The first-order chi connectivity index (χ1) is 12.3. The lowest BCUT2D eigenvalue weighted by Crippen LogP contribution is -2.46. The van der Waals surface area contributed by atoms with Crippen LogP contribution in [-0.2, 0) is 13.1 Å². The van der Waals surface area contributed by atoms with Crippen LogP contribution in [0.1, 0.15) is 23.6 Å². The number of likely N-dealkylation sites (tertiary alicyclic amines) is 1. The van der Waals surface area contributed by atoms with Crippen molar-refractivity contribution in [1.82, 2.24) is 9.47 Å². The Labute approximate surface area is 147 Å². The average Bonchev–Trinajstić information content (AvgIpc) is 2.63. The Kier molecular flexibility index (Phi) is 3.49. The molecule has 2 bridgehead atoms. The molecule has 3 nitrogen and oxygen atoms in total. The van der Waals surface area contributed by atoms with Gasteiger partial charge in [-0.1, -0.05) is 42.5 Å². The molecule has 0 radical (unpaired) electrons. The van der Waals surface area contributed by atoms with Gasteiger partial charge in [-0.2, -0.15) is 0 Å². The molecule has 0 spiro atoms. The standard InChI is InChI=1S/C22H22N2O/c25-22-7-3-6-21-20-11-17(14-24(21)22)13-23(15-20)12-16-8-9-18-4-1-2-5-19(18)10-16/h1-10,17,20H,11-15H2. The number of aromatic nitrogens is 1. The van der Waals surface area contributed by atoms with E-state index in [1.807, 2.05) is 10.6 Å². The molecule has 2 aromatic carbocycles. The van der Waals surface area contributed by atoms with Gasteiger partial charge in [0, 0.05) is 43.9 Å². The Hall–Kier alpha value is -2.39. The molecule has 25 heavy (non-hydrogen) atoms. The highest BCUT2D eigenvalue weighted by Gasteiger charge is 2.34. The first kappa shape index (κ1) is 14.9. The van der Waals surface area contributed by atoms with Crippen molar-refractivity contribution < 1.29 is 0 Å². The number of pyridine rings is 1. The van der Waals surface area contributed by atoms with E-state index in [1.165, 1.54) is 28.5 Å². The smallest absolute Gasteiger partial charge is 0.250 e. The summed E-state index contributed by atoms with van der Waals surface area (Å²) in [5.74, 6) is 1.08. The van der Waals surface area contributed by atoms with Gasteiger partial charge in [0.15, 0.2) is 0 Å². The van der Waals surface area contributed by atoms with Crippen LogP contribution in [0.2, 0.25) is 0 Å². The third-order valence-corrected chi connectivity index (χ3v) is 5.78. The molecule has 3 heterocycles. The molecule has 2 atom stereocenters. The van der Waals surface area contributed by atoms with Crippen LogP contribution in [0.15, 0.2) is 65.5 Å². The third-order valence-electron chi connectivity index (χ3n) is 5.78. The van der Waals surface area contributed by atoms with Crippen molar-refractivity contribution in [2.24, 2.45) is 5.92 Å². The Balaban J connectivity index is 1.40. The number of hydrogen-bond donors (Lipinski definition) is 0. The lowest BCUT2D eigenvalue weighted by molar-refractivity contribution is 0.114. The van der Waals surface area contributed by atoms with E-state index < -0.39 is 0 Å². The molecule has 1 aromatic heterocycles. The van der Waals surface area contributed by atoms with E-state index in [1.54, 1.807) is 6.07 Å². The zero-order valence-electron chi connectivity index (χ0n) is 14.3. The summed E-state index contributed by atoms with van der Waals surface area (Å²) in [5, 5.41) is 2.61. The van der Waals surface area contributed by atoms with Crippen molar-refractivity contribution in [2.45, 2.75) is 25.4 Å². The van der Waals surface area contributed by atoms with Gasteiger partial charge in [-0.15, -0.1) is 0 Å². The molecule has 3 aromatic rings. The highest BCUT2D eigenvalue weighted by Crippen LogP contribution is 2.35. The maximum atomic E-state index is 12.1. The molecule has 126 valence electrons. The molecule has 0 amide bonds. The summed E-state index contributed by atoms with van der Waals surface area (Å²) in [7, 11) is 0. The first-order valence-corrected chi connectivity index (χ1v) is 9.16. The van der Waals surface area contributed by atoms with E-state index in [2.05, 4.69) is 53.4 Å². The van der Waals surface area contributed by atoms with Gasteiger partial charge in [0.25, 0.3) is 5.56 Å². The van der Waals surface area contributed by atoms with Crippen LogP contribution >= 0.6 is 0 Å². The maximum Gasteiger partial charge on any atom is 0.250 e. The quantitative estimate of drug-likeness (QED) is 0.717. The predicted molar refractivity (Wildman–Crippen MR) is 101 cm³/mol. The maximum absolute atomic E-state index is 12.1. The van der Waals surface area contributed by atoms with Crippen LogP contribution in [0.3, 0.4) is 0 Å². The van der Waals surface area contributed by atoms with Crippen LogP contribution in [0, 0.1) is 5.92 Å². The number of piperidine rings is 1. The van der Waals surface area contributed by atoms with Gasteiger partial charge in [-0.05, 0) is 40.8 Å². The molecule has 2 aliphatic heterocycles. The van der Waals surface area contributed by atoms with Gasteiger partial charge in [0.1, 0.15) is 0 Å². The second-order valence-corrected chi connectivity index (χ2v) is 7.57. The summed E-state index contributed by atoms with van der Waals surface area (Å²) in [6.07, 6.45) is 1.22. The molecular weight excluding hydrogens is 308 g/mol. The Morgan fingerprint density at radius 2 is 1.76 bits per heavy atom. The molecule has 2 aliphatic rings. The van der Waals surface area contributed by atoms with E-state index in [0.29, 0.717) is 11.8 Å². The Morgan fingerprint density at radius 1 is 0.880 bits per heavy atom. The van der Waals surface area contributed by atoms with Gasteiger partial charge >= 0.3 is 0 Å². The van der Waals surface area contributed by atoms with Crippen molar-refractivity contribution in [2.75, 3.05) is 13.1 Å². The largest absolute Gasteiger partial charge is 0.312 e. The minimum Gasteiger partial charge on any atom is -0.312 e. The van der Waals surface area contributed by atoms with Gasteiger partial charge < -0.3 is 4.57 Å². The lowest BCUT2D eigenvalue weighted by Gasteiger charge is -2.42. The van der Waals surface area contributed by atoms with Crippen molar-refractivity contribution in [3.8, 4) is 0 Å². The van der Waals surface area contributed by atoms with Gasteiger partial charge in [0.05, 0.1) is 0 Å². The van der Waals surface area contributed by atoms with Crippen molar-refractivity contribution in [3.05, 3.63) is 82.3 Å². The van der Waals surface area contributed by atoms with E-state index in [9.17, 15) is 4.79 Å². The van der Waals surface area contributed by atoms with E-state index in [4.69, 9.17) is 0 Å². The molecular formula is C22H22N2O. The molecule has 1 saturated heterocycles. The Bertz CT molecular complexity index is 990. The van der Waals surface area contributed by atoms with E-state index in [0.717, 1.165) is 26.2 Å². The predicted octanol–water partition coefficient (Wildman–Crippen LogP) is 3.62. The van der Waals surface area contributed by atoms with Crippen molar-refractivity contribution >= 4 is 10.8 Å². The normalized spacial score (nSPS) is 22.7. The molecule has 1 fully saturated rings. The minimum absolute atomic E-state index is 0.162. The highest BCUT2D eigenvalue weighted by molar-refractivity contribution is 5.82. The fourth-order valence-corrected chi connectivity index (χ4v) is 4.72. The lowest BCUT2D eigenvalue weighted by atomic mass is 9.83. The number of rotatable bonds is 2. The number of hydrogen-bond acceptors (Lipinski definition) is 2. The fraction of sp³-hybridized carbons (Fsp3) is 0.318. The SMILES string of the molecule is O=c1cccc2n1CC1CC2CN(Cc2ccc3ccccc3c2)C1. The Morgan fingerprint density at radius 3 is 2.68 bits per heavy atom. The molecule has 2 unspecified atom stereocenters. The topological polar surface area (TPSA) is 25.2 Å². The number of benzene rings is 2. The second kappa shape index (κ2) is 5.85. The van der Waals surface area contributed by atoms with Crippen LogP contribution in [0.4, 0.5) is 0 Å².